The molecule has 1 atom stereocenters. The molecule has 0 aliphatic carbocycles. The van der Waals surface area contributed by atoms with Crippen LogP contribution in [-0.2, 0) is 32.4 Å². The van der Waals surface area contributed by atoms with Gasteiger partial charge in [0.2, 0.25) is 0 Å². The monoisotopic (exact) mass is 596 g/mol. The lowest BCUT2D eigenvalue weighted by Gasteiger charge is -2.32. The van der Waals surface area contributed by atoms with Crippen LogP contribution in [0.2, 0.25) is 0 Å². The van der Waals surface area contributed by atoms with E-state index in [0.29, 0.717) is 24.1 Å². The Hall–Kier alpha value is -4.43. The number of rotatable bonds is 9. The van der Waals surface area contributed by atoms with E-state index < -0.39 is 32.9 Å². The van der Waals surface area contributed by atoms with Crippen LogP contribution in [-0.4, -0.2) is 37.1 Å². The van der Waals surface area contributed by atoms with Gasteiger partial charge in [-0.25, -0.2) is 9.78 Å². The van der Waals surface area contributed by atoms with Crippen LogP contribution in [0.3, 0.4) is 0 Å². The maximum absolute atomic E-state index is 13.9. The number of hydrogen-bond acceptors (Lipinski definition) is 6. The number of aliphatic hydroxyl groups is 1. The predicted molar refractivity (Wildman–Crippen MR) is 167 cm³/mol. The highest BCUT2D eigenvalue weighted by atomic mass is 32.2. The first-order chi connectivity index (χ1) is 20.4. The zero-order valence-corrected chi connectivity index (χ0v) is 25.6. The van der Waals surface area contributed by atoms with E-state index in [4.69, 9.17) is 4.74 Å². The van der Waals surface area contributed by atoms with Gasteiger partial charge in [-0.05, 0) is 46.4 Å². The molecule has 1 aliphatic heterocycles. The summed E-state index contributed by atoms with van der Waals surface area (Å²) in [5, 5.41) is 12.0. The Morgan fingerprint density at radius 3 is 1.98 bits per heavy atom. The van der Waals surface area contributed by atoms with Crippen molar-refractivity contribution in [2.45, 2.75) is 50.2 Å². The lowest BCUT2D eigenvalue weighted by Crippen LogP contribution is -2.37. The molecule has 2 heterocycles. The van der Waals surface area contributed by atoms with Gasteiger partial charge in [-0.2, -0.15) is 8.42 Å². The molecule has 1 N–H and O–H groups in total. The van der Waals surface area contributed by atoms with Crippen LogP contribution in [0.15, 0.2) is 126 Å². The Labute approximate surface area is 253 Å². The Kier molecular flexibility index (Phi) is 8.16. The molecule has 43 heavy (non-hydrogen) atoms. The molecular weight excluding hydrogens is 560 g/mol. The van der Waals surface area contributed by atoms with Gasteiger partial charge in [-0.1, -0.05) is 99.6 Å². The van der Waals surface area contributed by atoms with Crippen molar-refractivity contribution in [3.63, 3.8) is 0 Å². The van der Waals surface area contributed by atoms with E-state index in [1.165, 1.54) is 23.6 Å². The molecule has 5 rings (SSSR count). The maximum Gasteiger partial charge on any atom is 0.339 e. The van der Waals surface area contributed by atoms with Gasteiger partial charge in [0.15, 0.2) is 10.6 Å². The average molecular weight is 597 g/mol. The molecular formula is C35H36N2O5S. The summed E-state index contributed by atoms with van der Waals surface area (Å²) < 4.78 is 34.1. The highest BCUT2D eigenvalue weighted by Crippen LogP contribution is 2.49. The molecule has 3 aromatic carbocycles. The van der Waals surface area contributed by atoms with Gasteiger partial charge < -0.3 is 9.84 Å². The Balaban J connectivity index is 1.61. The molecule has 0 saturated heterocycles. The molecule has 222 valence electrons. The number of hydrogen-bond donors (Lipinski definition) is 1. The summed E-state index contributed by atoms with van der Waals surface area (Å²) in [5.74, 6) is -1.27. The van der Waals surface area contributed by atoms with Gasteiger partial charge in [0.25, 0.3) is 10.0 Å². The zero-order chi connectivity index (χ0) is 30.8. The van der Waals surface area contributed by atoms with Crippen LogP contribution in [0.4, 0.5) is 5.69 Å². The van der Waals surface area contributed by atoms with Crippen LogP contribution < -0.4 is 4.31 Å². The fourth-order valence-corrected chi connectivity index (χ4v) is 6.93. The summed E-state index contributed by atoms with van der Waals surface area (Å²) in [7, 11) is -2.46. The second kappa shape index (κ2) is 11.7. The second-order valence-corrected chi connectivity index (χ2v) is 13.9. The molecule has 1 aliphatic rings. The second-order valence-electron chi connectivity index (χ2n) is 12.0. The fourth-order valence-electron chi connectivity index (χ4n) is 5.81. The molecule has 0 fully saturated rings. The minimum absolute atomic E-state index is 0.0680. The number of aromatic nitrogens is 1. The van der Waals surface area contributed by atoms with Gasteiger partial charge in [0.05, 0.1) is 11.3 Å². The minimum Gasteiger partial charge on any atom is -0.507 e. The van der Waals surface area contributed by atoms with Crippen molar-refractivity contribution in [1.29, 1.82) is 0 Å². The topological polar surface area (TPSA) is 96.8 Å². The Morgan fingerprint density at radius 1 is 0.860 bits per heavy atom. The maximum atomic E-state index is 13.9. The lowest BCUT2D eigenvalue weighted by atomic mass is 9.71. The van der Waals surface area contributed by atoms with Gasteiger partial charge in [-0.15, -0.1) is 0 Å². The van der Waals surface area contributed by atoms with Gasteiger partial charge in [-0.3, -0.25) is 4.31 Å². The lowest BCUT2D eigenvalue weighted by molar-refractivity contribution is -0.148. The van der Waals surface area contributed by atoms with Gasteiger partial charge in [0, 0.05) is 32.0 Å². The molecule has 7 nitrogen and oxygen atoms in total. The van der Waals surface area contributed by atoms with Gasteiger partial charge >= 0.3 is 5.97 Å². The summed E-state index contributed by atoms with van der Waals surface area (Å²) in [6.45, 7) is 5.96. The summed E-state index contributed by atoms with van der Waals surface area (Å²) >= 11 is 0. The van der Waals surface area contributed by atoms with Crippen molar-refractivity contribution in [3.05, 3.63) is 137 Å². The molecule has 0 radical (unpaired) electrons. The van der Waals surface area contributed by atoms with E-state index >= 15 is 0 Å². The van der Waals surface area contributed by atoms with E-state index in [-0.39, 0.29) is 16.4 Å². The molecule has 1 unspecified atom stereocenters. The highest BCUT2D eigenvalue weighted by molar-refractivity contribution is 7.92. The predicted octanol–water partition coefficient (Wildman–Crippen LogP) is 6.63. The number of carbonyl (C=O) groups is 1. The van der Waals surface area contributed by atoms with Crippen molar-refractivity contribution in [1.82, 2.24) is 4.98 Å². The van der Waals surface area contributed by atoms with Crippen LogP contribution in [0, 0.1) is 5.41 Å². The molecule has 8 heteroatoms. The number of cyclic esters (lactones) is 1. The number of pyridine rings is 1. The average Bonchev–Trinajstić information content (AvgIpc) is 3.21. The smallest absolute Gasteiger partial charge is 0.339 e. The van der Waals surface area contributed by atoms with Crippen molar-refractivity contribution in [2.24, 2.45) is 5.41 Å². The van der Waals surface area contributed by atoms with Crippen molar-refractivity contribution in [2.75, 3.05) is 11.4 Å². The van der Waals surface area contributed by atoms with E-state index in [1.54, 1.807) is 30.3 Å². The zero-order valence-electron chi connectivity index (χ0n) is 24.8. The summed E-state index contributed by atoms with van der Waals surface area (Å²) in [6, 6.07) is 31.1. The van der Waals surface area contributed by atoms with Crippen molar-refractivity contribution in [3.8, 4) is 0 Å². The van der Waals surface area contributed by atoms with Crippen LogP contribution in [0.25, 0.3) is 0 Å². The first kappa shape index (κ1) is 30.0. The fraction of sp³-hybridized carbons (Fsp3) is 0.257. The summed E-state index contributed by atoms with van der Waals surface area (Å²) in [6.07, 6.45) is 2.03. The van der Waals surface area contributed by atoms with E-state index in [1.807, 2.05) is 87.5 Å². The number of ether oxygens (including phenoxy) is 1. The number of sulfonamides is 1. The number of nitrogens with zero attached hydrogens (tertiary/aromatic N) is 2. The Morgan fingerprint density at radius 2 is 1.44 bits per heavy atom. The number of anilines is 1. The summed E-state index contributed by atoms with van der Waals surface area (Å²) in [4.78, 5) is 17.9. The molecule has 0 saturated carbocycles. The molecule has 0 spiro atoms. The number of carbonyl (C=O) groups excluding carboxylic acids is 1. The highest BCUT2D eigenvalue weighted by Gasteiger charge is 2.52. The first-order valence-electron chi connectivity index (χ1n) is 14.2. The molecule has 1 aromatic heterocycles. The minimum atomic E-state index is -3.93. The number of esters is 1. The third kappa shape index (κ3) is 6.06. The first-order valence-corrected chi connectivity index (χ1v) is 15.6. The molecule has 0 bridgehead atoms. The van der Waals surface area contributed by atoms with E-state index in [0.717, 1.165) is 11.1 Å². The normalized spacial score (nSPS) is 15.7. The molecule has 0 amide bonds. The van der Waals surface area contributed by atoms with Crippen molar-refractivity contribution < 1.29 is 23.1 Å². The SMILES string of the molecule is CN(c1cccc(C(C2=C(O)C(Cc3ccccc3)(Cc3ccccc3)OC2=O)C(C)(C)C)c1)S(=O)(=O)c1ccccn1. The quantitative estimate of drug-likeness (QED) is 0.218. The third-order valence-electron chi connectivity index (χ3n) is 7.84. The number of aliphatic hydroxyl groups excluding tert-OH is 1. The van der Waals surface area contributed by atoms with Crippen LogP contribution >= 0.6 is 0 Å². The van der Waals surface area contributed by atoms with Crippen LogP contribution in [0.5, 0.6) is 0 Å². The summed E-state index contributed by atoms with van der Waals surface area (Å²) in [5.41, 5.74) is 1.28. The number of benzene rings is 3. The molecule has 4 aromatic rings. The largest absolute Gasteiger partial charge is 0.507 e. The Bertz CT molecular complexity index is 1690. The standard InChI is InChI=1S/C35H36N2O5S/c1-34(2,3)31(27-18-13-19-28(22-27)37(4)43(40,41)29-20-11-12-21-36-29)30-32(38)35(42-33(30)39,23-25-14-7-5-8-15-25)24-26-16-9-6-10-17-26/h5-22,31,38H,23-24H2,1-4H3. The van der Waals surface area contributed by atoms with Crippen molar-refractivity contribution >= 4 is 21.7 Å². The van der Waals surface area contributed by atoms with E-state index in [9.17, 15) is 18.3 Å². The van der Waals surface area contributed by atoms with Gasteiger partial charge in [0.1, 0.15) is 5.76 Å². The van der Waals surface area contributed by atoms with Crippen LogP contribution in [0.1, 0.15) is 43.4 Å². The van der Waals surface area contributed by atoms with E-state index in [2.05, 4.69) is 4.98 Å². The third-order valence-corrected chi connectivity index (χ3v) is 9.55.